The molecule has 0 bridgehead atoms. The van der Waals surface area contributed by atoms with E-state index in [1.165, 1.54) is 11.3 Å². The van der Waals surface area contributed by atoms with Gasteiger partial charge in [-0.15, -0.1) is 11.3 Å². The number of thiophene rings is 1. The standard InChI is InChI=1S/C19H22N2O3S/c1-3-24-14-7-5-4-6-12(14)18(23)21-19-16(17(20)22)13-9-8-11(2)10-15(13)25-19/h4-7,11H,3,8-10H2,1-2H3,(H2,20,22)(H,21,23)/t11-/m0/s1. The van der Waals surface area contributed by atoms with Gasteiger partial charge in [0.25, 0.3) is 11.8 Å². The Balaban J connectivity index is 1.93. The largest absolute Gasteiger partial charge is 0.493 e. The summed E-state index contributed by atoms with van der Waals surface area (Å²) in [4.78, 5) is 25.9. The number of rotatable bonds is 5. The fourth-order valence-corrected chi connectivity index (χ4v) is 4.62. The number of anilines is 1. The van der Waals surface area contributed by atoms with Gasteiger partial charge in [-0.3, -0.25) is 9.59 Å². The van der Waals surface area contributed by atoms with Crippen LogP contribution in [0.3, 0.4) is 0 Å². The number of para-hydroxylation sites is 1. The minimum atomic E-state index is -0.486. The fraction of sp³-hybridized carbons (Fsp3) is 0.368. The van der Waals surface area contributed by atoms with E-state index < -0.39 is 5.91 Å². The summed E-state index contributed by atoms with van der Waals surface area (Å²) in [6.45, 7) is 4.54. The zero-order chi connectivity index (χ0) is 18.0. The first-order valence-corrected chi connectivity index (χ1v) is 9.30. The number of hydrogen-bond acceptors (Lipinski definition) is 4. The van der Waals surface area contributed by atoms with Crippen molar-refractivity contribution in [3.05, 3.63) is 45.8 Å². The van der Waals surface area contributed by atoms with Gasteiger partial charge in [0.15, 0.2) is 0 Å². The van der Waals surface area contributed by atoms with Crippen LogP contribution in [0.25, 0.3) is 0 Å². The third kappa shape index (κ3) is 3.54. The highest BCUT2D eigenvalue weighted by atomic mass is 32.1. The molecule has 132 valence electrons. The van der Waals surface area contributed by atoms with Crippen LogP contribution in [0.15, 0.2) is 24.3 Å². The molecule has 1 aliphatic rings. The second-order valence-electron chi connectivity index (χ2n) is 6.30. The lowest BCUT2D eigenvalue weighted by atomic mass is 9.88. The molecule has 0 aliphatic heterocycles. The summed E-state index contributed by atoms with van der Waals surface area (Å²) in [6, 6.07) is 7.07. The molecule has 3 rings (SSSR count). The predicted octanol–water partition coefficient (Wildman–Crippen LogP) is 3.62. The van der Waals surface area contributed by atoms with Crippen LogP contribution in [0.2, 0.25) is 0 Å². The average molecular weight is 358 g/mol. The molecule has 5 nitrogen and oxygen atoms in total. The molecule has 1 aliphatic carbocycles. The van der Waals surface area contributed by atoms with Gasteiger partial charge >= 0.3 is 0 Å². The molecule has 0 saturated heterocycles. The highest BCUT2D eigenvalue weighted by Gasteiger charge is 2.27. The fourth-order valence-electron chi connectivity index (χ4n) is 3.21. The summed E-state index contributed by atoms with van der Waals surface area (Å²) in [7, 11) is 0. The molecule has 2 amide bonds. The first-order chi connectivity index (χ1) is 12.0. The van der Waals surface area contributed by atoms with Crippen molar-refractivity contribution in [3.8, 4) is 5.75 Å². The van der Waals surface area contributed by atoms with Crippen molar-refractivity contribution in [2.45, 2.75) is 33.1 Å². The molecule has 1 aromatic carbocycles. The summed E-state index contributed by atoms with van der Waals surface area (Å²) >= 11 is 1.46. The maximum absolute atomic E-state index is 12.7. The molecular formula is C19H22N2O3S. The van der Waals surface area contributed by atoms with Crippen LogP contribution in [-0.4, -0.2) is 18.4 Å². The zero-order valence-electron chi connectivity index (χ0n) is 14.4. The van der Waals surface area contributed by atoms with Crippen molar-refractivity contribution < 1.29 is 14.3 Å². The Morgan fingerprint density at radius 2 is 2.12 bits per heavy atom. The molecule has 2 aromatic rings. The number of fused-ring (bicyclic) bond motifs is 1. The van der Waals surface area contributed by atoms with E-state index in [2.05, 4.69) is 12.2 Å². The second-order valence-corrected chi connectivity index (χ2v) is 7.41. The average Bonchev–Trinajstić information content (AvgIpc) is 2.92. The van der Waals surface area contributed by atoms with Gasteiger partial charge in [0, 0.05) is 4.88 Å². The van der Waals surface area contributed by atoms with Gasteiger partial charge in [-0.2, -0.15) is 0 Å². The molecule has 0 saturated carbocycles. The molecule has 3 N–H and O–H groups in total. The molecule has 1 aromatic heterocycles. The molecule has 1 atom stereocenters. The van der Waals surface area contributed by atoms with E-state index in [0.29, 0.717) is 34.4 Å². The minimum absolute atomic E-state index is 0.293. The highest BCUT2D eigenvalue weighted by Crippen LogP contribution is 2.39. The van der Waals surface area contributed by atoms with E-state index in [4.69, 9.17) is 10.5 Å². The van der Waals surface area contributed by atoms with Crippen LogP contribution in [0.5, 0.6) is 5.75 Å². The van der Waals surface area contributed by atoms with Gasteiger partial charge in [0.1, 0.15) is 10.8 Å². The Hall–Kier alpha value is -2.34. The first kappa shape index (κ1) is 17.5. The Morgan fingerprint density at radius 3 is 2.84 bits per heavy atom. The minimum Gasteiger partial charge on any atom is -0.493 e. The van der Waals surface area contributed by atoms with Crippen LogP contribution < -0.4 is 15.8 Å². The quantitative estimate of drug-likeness (QED) is 0.856. The van der Waals surface area contributed by atoms with Crippen LogP contribution in [0.1, 0.15) is 51.4 Å². The van der Waals surface area contributed by atoms with Crippen LogP contribution in [0.4, 0.5) is 5.00 Å². The van der Waals surface area contributed by atoms with Crippen LogP contribution in [-0.2, 0) is 12.8 Å². The maximum atomic E-state index is 12.7. The van der Waals surface area contributed by atoms with Gasteiger partial charge in [-0.05, 0) is 49.8 Å². The van der Waals surface area contributed by atoms with Crippen molar-refractivity contribution in [2.24, 2.45) is 11.7 Å². The Labute approximate surface area is 151 Å². The van der Waals surface area contributed by atoms with Crippen molar-refractivity contribution >= 4 is 28.2 Å². The van der Waals surface area contributed by atoms with Crippen LogP contribution >= 0.6 is 11.3 Å². The van der Waals surface area contributed by atoms with E-state index in [0.717, 1.165) is 29.7 Å². The van der Waals surface area contributed by atoms with E-state index >= 15 is 0 Å². The molecule has 25 heavy (non-hydrogen) atoms. The predicted molar refractivity (Wildman–Crippen MR) is 99.6 cm³/mol. The lowest BCUT2D eigenvalue weighted by molar-refractivity contribution is 0.1000. The van der Waals surface area contributed by atoms with E-state index in [-0.39, 0.29) is 5.91 Å². The Bertz CT molecular complexity index is 813. The molecule has 0 fully saturated rings. The molecule has 1 heterocycles. The highest BCUT2D eigenvalue weighted by molar-refractivity contribution is 7.17. The third-order valence-corrected chi connectivity index (χ3v) is 5.59. The van der Waals surface area contributed by atoms with Crippen molar-refractivity contribution in [2.75, 3.05) is 11.9 Å². The molecule has 0 radical (unpaired) electrons. The smallest absolute Gasteiger partial charge is 0.260 e. The van der Waals surface area contributed by atoms with Gasteiger partial charge < -0.3 is 15.8 Å². The Morgan fingerprint density at radius 1 is 1.36 bits per heavy atom. The Kier molecular flexibility index (Phi) is 5.08. The zero-order valence-corrected chi connectivity index (χ0v) is 15.2. The van der Waals surface area contributed by atoms with Crippen molar-refractivity contribution in [3.63, 3.8) is 0 Å². The second kappa shape index (κ2) is 7.27. The number of nitrogens with two attached hydrogens (primary N) is 1. The molecular weight excluding hydrogens is 336 g/mol. The van der Waals surface area contributed by atoms with Crippen molar-refractivity contribution in [1.29, 1.82) is 0 Å². The topological polar surface area (TPSA) is 81.4 Å². The molecule has 6 heteroatoms. The van der Waals surface area contributed by atoms with Gasteiger partial charge in [-0.25, -0.2) is 0 Å². The summed E-state index contributed by atoms with van der Waals surface area (Å²) in [5.41, 5.74) is 7.52. The van der Waals surface area contributed by atoms with Crippen molar-refractivity contribution in [1.82, 2.24) is 0 Å². The number of carbonyl (C=O) groups is 2. The monoisotopic (exact) mass is 358 g/mol. The molecule has 0 spiro atoms. The molecule has 0 unspecified atom stereocenters. The lowest BCUT2D eigenvalue weighted by Gasteiger charge is -2.18. The number of amides is 2. The van der Waals surface area contributed by atoms with E-state index in [1.807, 2.05) is 13.0 Å². The number of benzene rings is 1. The lowest BCUT2D eigenvalue weighted by Crippen LogP contribution is -2.19. The summed E-state index contributed by atoms with van der Waals surface area (Å²) in [6.07, 6.45) is 2.78. The number of carbonyl (C=O) groups excluding carboxylic acids is 2. The number of nitrogens with one attached hydrogen (secondary N) is 1. The summed E-state index contributed by atoms with van der Waals surface area (Å²) in [5, 5.41) is 3.42. The third-order valence-electron chi connectivity index (χ3n) is 4.42. The summed E-state index contributed by atoms with van der Waals surface area (Å²) < 4.78 is 5.52. The van der Waals surface area contributed by atoms with E-state index in [1.54, 1.807) is 18.2 Å². The number of primary amides is 1. The van der Waals surface area contributed by atoms with Gasteiger partial charge in [0.2, 0.25) is 0 Å². The normalized spacial score (nSPS) is 16.2. The van der Waals surface area contributed by atoms with Crippen LogP contribution in [0, 0.1) is 5.92 Å². The van der Waals surface area contributed by atoms with E-state index in [9.17, 15) is 9.59 Å². The van der Waals surface area contributed by atoms with Gasteiger partial charge in [-0.1, -0.05) is 19.1 Å². The first-order valence-electron chi connectivity index (χ1n) is 8.48. The van der Waals surface area contributed by atoms with Gasteiger partial charge in [0.05, 0.1) is 17.7 Å². The number of ether oxygens (including phenoxy) is 1. The summed E-state index contributed by atoms with van der Waals surface area (Å²) in [5.74, 6) is 0.325. The number of hydrogen-bond donors (Lipinski definition) is 2. The SMILES string of the molecule is CCOc1ccccc1C(=O)Nc1sc2c(c1C(N)=O)CC[C@H](C)C2. The maximum Gasteiger partial charge on any atom is 0.260 e.